The SMILES string of the molecule is CCC(CC)C(NC(=O)CN(C)C1=NS(=O)(=O)c2ccccc21)c1cccs1. The van der Waals surface area contributed by atoms with E-state index in [9.17, 15) is 13.2 Å². The van der Waals surface area contributed by atoms with Gasteiger partial charge in [-0.25, -0.2) is 0 Å². The number of carbonyl (C=O) groups excluding carboxylic acids is 1. The second kappa shape index (κ2) is 8.45. The first-order chi connectivity index (χ1) is 13.4. The largest absolute Gasteiger partial charge is 0.349 e. The van der Waals surface area contributed by atoms with Gasteiger partial charge in [-0.1, -0.05) is 44.9 Å². The Morgan fingerprint density at radius 3 is 2.54 bits per heavy atom. The number of hydrogen-bond acceptors (Lipinski definition) is 5. The molecule has 1 unspecified atom stereocenters. The first-order valence-electron chi connectivity index (χ1n) is 9.35. The normalized spacial score (nSPS) is 15.8. The molecule has 6 nitrogen and oxygen atoms in total. The summed E-state index contributed by atoms with van der Waals surface area (Å²) in [7, 11) is -2.01. The first-order valence-corrected chi connectivity index (χ1v) is 11.7. The number of nitrogens with one attached hydrogen (secondary N) is 1. The molecule has 3 rings (SSSR count). The van der Waals surface area contributed by atoms with Crippen molar-refractivity contribution >= 4 is 33.1 Å². The number of amides is 1. The second-order valence-corrected chi connectivity index (χ2v) is 9.43. The van der Waals surface area contributed by atoms with Crippen LogP contribution in [0, 0.1) is 5.92 Å². The Morgan fingerprint density at radius 1 is 1.18 bits per heavy atom. The van der Waals surface area contributed by atoms with Gasteiger partial charge in [0.05, 0.1) is 12.6 Å². The van der Waals surface area contributed by atoms with Crippen LogP contribution in [0.25, 0.3) is 0 Å². The summed E-state index contributed by atoms with van der Waals surface area (Å²) in [6.07, 6.45) is 1.93. The lowest BCUT2D eigenvalue weighted by Crippen LogP contribution is -2.41. The van der Waals surface area contributed by atoms with Crippen LogP contribution in [0.1, 0.15) is 43.2 Å². The molecule has 1 N–H and O–H groups in total. The Balaban J connectivity index is 1.76. The highest BCUT2D eigenvalue weighted by atomic mass is 32.2. The molecule has 0 fully saturated rings. The fourth-order valence-corrected chi connectivity index (χ4v) is 5.64. The predicted molar refractivity (Wildman–Crippen MR) is 112 cm³/mol. The Labute approximate surface area is 170 Å². The van der Waals surface area contributed by atoms with Crippen molar-refractivity contribution in [1.82, 2.24) is 10.2 Å². The molecule has 1 amide bonds. The summed E-state index contributed by atoms with van der Waals surface area (Å²) >= 11 is 1.64. The van der Waals surface area contributed by atoms with Crippen molar-refractivity contribution in [3.05, 3.63) is 52.2 Å². The molecule has 2 heterocycles. The summed E-state index contributed by atoms with van der Waals surface area (Å²) < 4.78 is 28.4. The van der Waals surface area contributed by atoms with Crippen molar-refractivity contribution in [2.75, 3.05) is 13.6 Å². The zero-order valence-corrected chi connectivity index (χ0v) is 17.9. The van der Waals surface area contributed by atoms with Gasteiger partial charge in [0, 0.05) is 17.5 Å². The van der Waals surface area contributed by atoms with E-state index in [1.807, 2.05) is 17.5 Å². The van der Waals surface area contributed by atoms with Crippen molar-refractivity contribution in [3.8, 4) is 0 Å². The lowest BCUT2D eigenvalue weighted by atomic mass is 9.93. The van der Waals surface area contributed by atoms with E-state index in [0.29, 0.717) is 17.3 Å². The Bertz CT molecular complexity index is 964. The molecule has 150 valence electrons. The highest BCUT2D eigenvalue weighted by molar-refractivity contribution is 7.90. The maximum absolute atomic E-state index is 12.8. The van der Waals surface area contributed by atoms with Gasteiger partial charge < -0.3 is 10.2 Å². The van der Waals surface area contributed by atoms with Gasteiger partial charge in [-0.05, 0) is 29.5 Å². The van der Waals surface area contributed by atoms with Gasteiger partial charge >= 0.3 is 0 Å². The van der Waals surface area contributed by atoms with Crippen LogP contribution in [0.5, 0.6) is 0 Å². The van der Waals surface area contributed by atoms with E-state index in [2.05, 4.69) is 23.6 Å². The Hall–Kier alpha value is -2.19. The van der Waals surface area contributed by atoms with Crippen LogP contribution in [0.4, 0.5) is 0 Å². The number of amidine groups is 1. The smallest absolute Gasteiger partial charge is 0.285 e. The summed E-state index contributed by atoms with van der Waals surface area (Å²) in [4.78, 5) is 15.7. The molecular weight excluding hydrogens is 394 g/mol. The molecule has 28 heavy (non-hydrogen) atoms. The number of fused-ring (bicyclic) bond motifs is 1. The number of nitrogens with zero attached hydrogens (tertiary/aromatic N) is 2. The summed E-state index contributed by atoms with van der Waals surface area (Å²) in [5.41, 5.74) is 0.535. The molecule has 0 bridgehead atoms. The van der Waals surface area contributed by atoms with Crippen molar-refractivity contribution in [2.24, 2.45) is 10.3 Å². The third-order valence-electron chi connectivity index (χ3n) is 5.04. The predicted octanol–water partition coefficient (Wildman–Crippen LogP) is 3.42. The fourth-order valence-electron chi connectivity index (χ4n) is 3.52. The van der Waals surface area contributed by atoms with Gasteiger partial charge in [-0.3, -0.25) is 4.79 Å². The Kier molecular flexibility index (Phi) is 6.20. The number of rotatable bonds is 7. The summed E-state index contributed by atoms with van der Waals surface area (Å²) in [6.45, 7) is 4.29. The maximum atomic E-state index is 12.8. The lowest BCUT2D eigenvalue weighted by molar-refractivity contribution is -0.122. The van der Waals surface area contributed by atoms with E-state index >= 15 is 0 Å². The number of likely N-dealkylation sites (N-methyl/N-ethyl adjacent to an activating group) is 1. The minimum absolute atomic E-state index is 0.0325. The molecule has 0 spiro atoms. The van der Waals surface area contributed by atoms with Gasteiger partial charge in [0.15, 0.2) is 5.84 Å². The molecule has 1 aromatic heterocycles. The van der Waals surface area contributed by atoms with Crippen molar-refractivity contribution in [1.29, 1.82) is 0 Å². The molecule has 1 aliphatic rings. The molecule has 1 aromatic carbocycles. The van der Waals surface area contributed by atoms with E-state index in [1.165, 1.54) is 6.07 Å². The average molecular weight is 420 g/mol. The topological polar surface area (TPSA) is 78.8 Å². The maximum Gasteiger partial charge on any atom is 0.285 e. The van der Waals surface area contributed by atoms with Crippen LogP contribution < -0.4 is 5.32 Å². The van der Waals surface area contributed by atoms with Gasteiger partial charge in [-0.15, -0.1) is 15.7 Å². The molecule has 0 saturated carbocycles. The van der Waals surface area contributed by atoms with E-state index in [0.717, 1.165) is 17.7 Å². The van der Waals surface area contributed by atoms with Crippen LogP contribution in [-0.4, -0.2) is 38.7 Å². The van der Waals surface area contributed by atoms with Gasteiger partial charge in [0.25, 0.3) is 10.0 Å². The fraction of sp³-hybridized carbons (Fsp3) is 0.400. The molecule has 8 heteroatoms. The zero-order chi connectivity index (χ0) is 20.3. The Morgan fingerprint density at radius 2 is 1.89 bits per heavy atom. The van der Waals surface area contributed by atoms with E-state index in [1.54, 1.807) is 41.5 Å². The minimum atomic E-state index is -3.70. The number of hydrogen-bond donors (Lipinski definition) is 1. The summed E-state index contributed by atoms with van der Waals surface area (Å²) in [6, 6.07) is 10.7. The van der Waals surface area contributed by atoms with Crippen LogP contribution in [0.15, 0.2) is 51.1 Å². The quantitative estimate of drug-likeness (QED) is 0.746. The summed E-state index contributed by atoms with van der Waals surface area (Å²) in [5, 5.41) is 5.16. The molecule has 0 radical (unpaired) electrons. The standard InChI is InChI=1S/C20H25N3O3S2/c1-4-14(5-2)19(16-10-8-12-27-16)21-18(24)13-23(3)20-15-9-6-7-11-17(15)28(25,26)22-20/h6-12,14,19H,4-5,13H2,1-3H3,(H,21,24). The molecule has 0 aliphatic carbocycles. The second-order valence-electron chi connectivity index (χ2n) is 6.88. The van der Waals surface area contributed by atoms with E-state index < -0.39 is 10.0 Å². The van der Waals surface area contributed by atoms with Gasteiger partial charge in [0.1, 0.15) is 4.90 Å². The monoisotopic (exact) mass is 419 g/mol. The number of sulfonamides is 1. The van der Waals surface area contributed by atoms with E-state index in [-0.39, 0.29) is 23.4 Å². The number of thiophene rings is 1. The average Bonchev–Trinajstić information content (AvgIpc) is 3.29. The third-order valence-corrected chi connectivity index (χ3v) is 7.32. The summed E-state index contributed by atoms with van der Waals surface area (Å²) in [5.74, 6) is 0.496. The van der Waals surface area contributed by atoms with Crippen molar-refractivity contribution in [2.45, 2.75) is 37.6 Å². The van der Waals surface area contributed by atoms with Gasteiger partial charge in [0.2, 0.25) is 5.91 Å². The molecule has 1 aliphatic heterocycles. The lowest BCUT2D eigenvalue weighted by Gasteiger charge is -2.27. The molecule has 0 saturated heterocycles. The number of benzene rings is 1. The third kappa shape index (κ3) is 4.12. The number of carbonyl (C=O) groups is 1. The van der Waals surface area contributed by atoms with Crippen molar-refractivity contribution < 1.29 is 13.2 Å². The minimum Gasteiger partial charge on any atom is -0.349 e. The zero-order valence-electron chi connectivity index (χ0n) is 16.3. The van der Waals surface area contributed by atoms with Crippen LogP contribution >= 0.6 is 11.3 Å². The van der Waals surface area contributed by atoms with Crippen LogP contribution in [-0.2, 0) is 14.8 Å². The highest BCUT2D eigenvalue weighted by Crippen LogP contribution is 2.31. The molecule has 1 atom stereocenters. The highest BCUT2D eigenvalue weighted by Gasteiger charge is 2.31. The van der Waals surface area contributed by atoms with Crippen molar-refractivity contribution in [3.63, 3.8) is 0 Å². The van der Waals surface area contributed by atoms with Crippen LogP contribution in [0.2, 0.25) is 0 Å². The van der Waals surface area contributed by atoms with Crippen LogP contribution in [0.3, 0.4) is 0 Å². The van der Waals surface area contributed by atoms with Gasteiger partial charge in [-0.2, -0.15) is 8.42 Å². The van der Waals surface area contributed by atoms with E-state index in [4.69, 9.17) is 0 Å². The first kappa shape index (κ1) is 20.5. The molecule has 2 aromatic rings. The molecular formula is C20H25N3O3S2.